The molecule has 1 saturated heterocycles. The molecule has 2 heterocycles. The normalized spacial score (nSPS) is 16.1. The van der Waals surface area contributed by atoms with E-state index in [0.29, 0.717) is 5.82 Å². The number of benzene rings is 1. The maximum atomic E-state index is 12.9. The predicted octanol–water partition coefficient (Wildman–Crippen LogP) is 3.04. The summed E-state index contributed by atoms with van der Waals surface area (Å²) in [5.74, 6) is 0.714. The van der Waals surface area contributed by atoms with Gasteiger partial charge >= 0.3 is 6.18 Å². The lowest BCUT2D eigenvalue weighted by molar-refractivity contribution is -0.137. The van der Waals surface area contributed by atoms with Crippen molar-refractivity contribution in [3.05, 3.63) is 35.0 Å². The molecule has 1 fully saturated rings. The molecule has 3 rings (SSSR count). The van der Waals surface area contributed by atoms with Crippen LogP contribution in [0.2, 0.25) is 5.02 Å². The van der Waals surface area contributed by atoms with E-state index in [1.807, 2.05) is 11.9 Å². The Morgan fingerprint density at radius 1 is 1.16 bits per heavy atom. The fourth-order valence-corrected chi connectivity index (χ4v) is 2.62. The topological polar surface area (TPSA) is 57.2 Å². The average Bonchev–Trinajstić information content (AvgIpc) is 2.57. The summed E-state index contributed by atoms with van der Waals surface area (Å²) in [4.78, 5) is 8.58. The molecule has 0 saturated carbocycles. The minimum absolute atomic E-state index is 0.0776. The smallest absolute Gasteiger partial charge is 0.353 e. The summed E-state index contributed by atoms with van der Waals surface area (Å²) in [5, 5.41) is 10.6. The second-order valence-electron chi connectivity index (χ2n) is 5.75. The monoisotopic (exact) mass is 372 g/mol. The van der Waals surface area contributed by atoms with Gasteiger partial charge in [-0.15, -0.1) is 5.10 Å². The Morgan fingerprint density at radius 3 is 2.56 bits per heavy atom. The number of nitrogens with zero attached hydrogens (tertiary/aromatic N) is 5. The second kappa shape index (κ2) is 7.01. The number of halogens is 4. The second-order valence-corrected chi connectivity index (χ2v) is 6.15. The van der Waals surface area contributed by atoms with Crippen molar-refractivity contribution in [2.45, 2.75) is 6.18 Å². The van der Waals surface area contributed by atoms with E-state index < -0.39 is 11.7 Å². The lowest BCUT2D eigenvalue weighted by Crippen LogP contribution is -2.44. The molecule has 0 aliphatic carbocycles. The molecule has 1 aliphatic heterocycles. The van der Waals surface area contributed by atoms with Crippen molar-refractivity contribution in [2.75, 3.05) is 43.4 Å². The molecule has 0 spiro atoms. The number of aromatic nitrogens is 3. The van der Waals surface area contributed by atoms with Crippen molar-refractivity contribution < 1.29 is 13.2 Å². The molecule has 2 aromatic rings. The Kier molecular flexibility index (Phi) is 4.96. The third-order valence-corrected chi connectivity index (χ3v) is 4.24. The van der Waals surface area contributed by atoms with Gasteiger partial charge in [0.15, 0.2) is 5.82 Å². The number of hydrogen-bond acceptors (Lipinski definition) is 6. The lowest BCUT2D eigenvalue weighted by atomic mass is 10.2. The van der Waals surface area contributed by atoms with Crippen LogP contribution in [0.25, 0.3) is 0 Å². The van der Waals surface area contributed by atoms with Crippen molar-refractivity contribution in [3.8, 4) is 0 Å². The number of anilines is 3. The quantitative estimate of drug-likeness (QED) is 0.893. The van der Waals surface area contributed by atoms with E-state index in [9.17, 15) is 13.2 Å². The first-order chi connectivity index (χ1) is 11.8. The van der Waals surface area contributed by atoms with Crippen LogP contribution >= 0.6 is 11.6 Å². The van der Waals surface area contributed by atoms with Crippen LogP contribution in [0.5, 0.6) is 0 Å². The first kappa shape index (κ1) is 17.7. The number of piperazine rings is 1. The zero-order valence-electron chi connectivity index (χ0n) is 13.4. The number of nitrogens with one attached hydrogen (secondary N) is 1. The summed E-state index contributed by atoms with van der Waals surface area (Å²) in [7, 11) is 2.04. The molecule has 1 aliphatic rings. The van der Waals surface area contributed by atoms with Gasteiger partial charge in [-0.2, -0.15) is 23.3 Å². The molecule has 1 N–H and O–H groups in total. The summed E-state index contributed by atoms with van der Waals surface area (Å²) >= 11 is 5.98. The minimum atomic E-state index is -4.46. The van der Waals surface area contributed by atoms with E-state index in [4.69, 9.17) is 11.6 Å². The summed E-state index contributed by atoms with van der Waals surface area (Å²) in [6.07, 6.45) is -2.92. The van der Waals surface area contributed by atoms with E-state index in [2.05, 4.69) is 25.4 Å². The summed E-state index contributed by atoms with van der Waals surface area (Å²) in [6, 6.07) is 3.03. The molecule has 0 unspecified atom stereocenters. The van der Waals surface area contributed by atoms with Crippen molar-refractivity contribution in [3.63, 3.8) is 0 Å². The Morgan fingerprint density at radius 2 is 1.88 bits per heavy atom. The molecule has 0 radical (unpaired) electrons. The van der Waals surface area contributed by atoms with Gasteiger partial charge < -0.3 is 15.1 Å². The van der Waals surface area contributed by atoms with Crippen LogP contribution in [0.4, 0.5) is 30.6 Å². The standard InChI is InChI=1S/C15H16ClF3N6/c1-24-4-6-25(7-5-24)13-9-20-23-14(22-13)21-12-8-10(15(17,18)19)2-3-11(12)16/h2-3,8-9H,4-7H2,1H3,(H,21,22,23). The van der Waals surface area contributed by atoms with E-state index in [1.54, 1.807) is 0 Å². The highest BCUT2D eigenvalue weighted by atomic mass is 35.5. The fraction of sp³-hybridized carbons (Fsp3) is 0.400. The first-order valence-corrected chi connectivity index (χ1v) is 7.98. The van der Waals surface area contributed by atoms with Gasteiger partial charge in [0.25, 0.3) is 0 Å². The van der Waals surface area contributed by atoms with Crippen LogP contribution in [-0.2, 0) is 6.18 Å². The molecule has 0 atom stereocenters. The van der Waals surface area contributed by atoms with Crippen LogP contribution in [0.3, 0.4) is 0 Å². The molecular weight excluding hydrogens is 357 g/mol. The molecule has 10 heteroatoms. The van der Waals surface area contributed by atoms with E-state index in [-0.39, 0.29) is 16.7 Å². The van der Waals surface area contributed by atoms with Gasteiger partial charge in [0, 0.05) is 26.2 Å². The molecule has 0 bridgehead atoms. The van der Waals surface area contributed by atoms with Crippen LogP contribution in [0, 0.1) is 0 Å². The van der Waals surface area contributed by atoms with Crippen LogP contribution < -0.4 is 10.2 Å². The molecule has 134 valence electrons. The Labute approximate surface area is 147 Å². The zero-order valence-corrected chi connectivity index (χ0v) is 14.1. The van der Waals surface area contributed by atoms with Gasteiger partial charge in [0.05, 0.1) is 22.5 Å². The van der Waals surface area contributed by atoms with Gasteiger partial charge in [0.1, 0.15) is 0 Å². The van der Waals surface area contributed by atoms with E-state index >= 15 is 0 Å². The number of rotatable bonds is 3. The largest absolute Gasteiger partial charge is 0.416 e. The van der Waals surface area contributed by atoms with Gasteiger partial charge in [-0.3, -0.25) is 0 Å². The molecule has 6 nitrogen and oxygen atoms in total. The van der Waals surface area contributed by atoms with Crippen LogP contribution in [0.15, 0.2) is 24.4 Å². The maximum Gasteiger partial charge on any atom is 0.416 e. The van der Waals surface area contributed by atoms with Gasteiger partial charge in [0.2, 0.25) is 5.95 Å². The van der Waals surface area contributed by atoms with Gasteiger partial charge in [-0.1, -0.05) is 11.6 Å². The van der Waals surface area contributed by atoms with Crippen molar-refractivity contribution in [2.24, 2.45) is 0 Å². The lowest BCUT2D eigenvalue weighted by Gasteiger charge is -2.32. The highest BCUT2D eigenvalue weighted by molar-refractivity contribution is 6.33. The Hall–Kier alpha value is -2.13. The van der Waals surface area contributed by atoms with Gasteiger partial charge in [-0.25, -0.2) is 0 Å². The summed E-state index contributed by atoms with van der Waals surface area (Å²) in [5.41, 5.74) is -0.726. The first-order valence-electron chi connectivity index (χ1n) is 7.60. The van der Waals surface area contributed by atoms with Crippen LogP contribution in [0.1, 0.15) is 5.56 Å². The highest BCUT2D eigenvalue weighted by Gasteiger charge is 2.31. The minimum Gasteiger partial charge on any atom is -0.353 e. The third-order valence-electron chi connectivity index (χ3n) is 3.91. The van der Waals surface area contributed by atoms with E-state index in [0.717, 1.165) is 38.3 Å². The van der Waals surface area contributed by atoms with Crippen molar-refractivity contribution in [1.82, 2.24) is 20.1 Å². The third kappa shape index (κ3) is 4.29. The summed E-state index contributed by atoms with van der Waals surface area (Å²) < 4.78 is 38.6. The SMILES string of the molecule is CN1CCN(c2cnnc(Nc3cc(C(F)(F)F)ccc3Cl)n2)CC1. The maximum absolute atomic E-state index is 12.9. The van der Waals surface area contributed by atoms with Crippen molar-refractivity contribution >= 4 is 29.1 Å². The highest BCUT2D eigenvalue weighted by Crippen LogP contribution is 2.34. The van der Waals surface area contributed by atoms with Crippen molar-refractivity contribution in [1.29, 1.82) is 0 Å². The van der Waals surface area contributed by atoms with E-state index in [1.165, 1.54) is 12.3 Å². The predicted molar refractivity (Wildman–Crippen MR) is 89.3 cm³/mol. The van der Waals surface area contributed by atoms with Crippen LogP contribution in [-0.4, -0.2) is 53.3 Å². The molecule has 1 aromatic heterocycles. The molecule has 0 amide bonds. The fourth-order valence-electron chi connectivity index (χ4n) is 2.45. The Bertz CT molecular complexity index is 746. The average molecular weight is 373 g/mol. The Balaban J connectivity index is 1.81. The number of likely N-dealkylation sites (N-methyl/N-ethyl adjacent to an activating group) is 1. The van der Waals surface area contributed by atoms with Gasteiger partial charge in [-0.05, 0) is 25.2 Å². The number of alkyl halides is 3. The number of hydrogen-bond donors (Lipinski definition) is 1. The molecule has 25 heavy (non-hydrogen) atoms. The molecular formula is C15H16ClF3N6. The zero-order chi connectivity index (χ0) is 18.0. The molecule has 1 aromatic carbocycles. The summed E-state index contributed by atoms with van der Waals surface area (Å²) in [6.45, 7) is 3.37.